The van der Waals surface area contributed by atoms with Gasteiger partial charge < -0.3 is 35.6 Å². The molecule has 15 nitrogen and oxygen atoms in total. The second kappa shape index (κ2) is 16.7. The number of likely N-dealkylation sites (tertiary alicyclic amines) is 1. The van der Waals surface area contributed by atoms with E-state index in [2.05, 4.69) is 25.9 Å². The predicted molar refractivity (Wildman–Crippen MR) is 194 cm³/mol. The number of halogens is 1. The number of aliphatic hydroxyl groups excluding tert-OH is 1. The number of aryl methyl sites for hydroxylation is 1. The number of aliphatic hydroxyl groups is 1. The lowest BCUT2D eigenvalue weighted by atomic mass is 9.73. The van der Waals surface area contributed by atoms with Crippen LogP contribution in [0.3, 0.4) is 0 Å². The van der Waals surface area contributed by atoms with Crippen LogP contribution in [0, 0.1) is 18.3 Å². The zero-order chi connectivity index (χ0) is 37.0. The largest absolute Gasteiger partial charge is 0.484 e. The molecule has 5 amide bonds. The molecule has 0 aliphatic carbocycles. The third-order valence-electron chi connectivity index (χ3n) is 10.00. The molecule has 1 aromatic carbocycles. The van der Waals surface area contributed by atoms with E-state index in [9.17, 15) is 29.1 Å². The fourth-order valence-electron chi connectivity index (χ4n) is 6.72. The Balaban J connectivity index is 0.00000605. The van der Waals surface area contributed by atoms with E-state index >= 15 is 0 Å². The van der Waals surface area contributed by atoms with Gasteiger partial charge in [0.15, 0.2) is 6.61 Å². The molecule has 2 bridgehead atoms. The third-order valence-corrected chi connectivity index (χ3v) is 10.00. The first-order valence-corrected chi connectivity index (χ1v) is 17.3. The number of carbonyl (C=O) groups excluding carboxylic acids is 5. The molecule has 1 saturated heterocycles. The smallest absolute Gasteiger partial charge is 0.272 e. The highest BCUT2D eigenvalue weighted by molar-refractivity contribution is 5.95. The van der Waals surface area contributed by atoms with Crippen LogP contribution in [0.5, 0.6) is 5.75 Å². The molecular weight excluding hydrogens is 692 g/mol. The number of carbonyl (C=O) groups is 5. The summed E-state index contributed by atoms with van der Waals surface area (Å²) in [6, 6.07) is 5.82. The number of nitrogens with zero attached hydrogens (tertiary/aromatic N) is 5. The van der Waals surface area contributed by atoms with E-state index in [1.165, 1.54) is 20.9 Å². The standard InChI is InChI=1S/C36H48N8O7.ClH/c1-21(2)28-32(48)38-20-36(11-15-43(16-12-36)34(50)30-22(3)39-35-37-13-8-14-44(30)35)18-25-9-7-10-26(17-25)51-19-27(46)40-29(24(5)45)33(49)42(6)23(4)31(47)41-28;/h7-10,13-14,17,21,23-24,28-29,45H,11-12,15-16,18-20H2,1-6H3,(H,38,48)(H,40,46)(H,41,47);1H/t23-,24+,28+,29-;/m0./s1. The number of likely N-dealkylation sites (N-methyl/N-ethyl adjacent to an activating group) is 1. The van der Waals surface area contributed by atoms with Crippen molar-refractivity contribution in [2.45, 2.75) is 78.1 Å². The Morgan fingerprint density at radius 1 is 1.04 bits per heavy atom. The van der Waals surface area contributed by atoms with E-state index < -0.39 is 54.0 Å². The number of benzene rings is 1. The highest BCUT2D eigenvalue weighted by atomic mass is 35.5. The number of fused-ring (bicyclic) bond motifs is 3. The summed E-state index contributed by atoms with van der Waals surface area (Å²) in [5, 5.41) is 18.8. The van der Waals surface area contributed by atoms with Crippen molar-refractivity contribution in [2.75, 3.05) is 33.3 Å². The van der Waals surface area contributed by atoms with Crippen LogP contribution in [0.4, 0.5) is 0 Å². The van der Waals surface area contributed by atoms with Gasteiger partial charge in [-0.05, 0) is 75.1 Å². The third kappa shape index (κ3) is 8.81. The lowest BCUT2D eigenvalue weighted by Gasteiger charge is -2.42. The zero-order valence-corrected chi connectivity index (χ0v) is 31.2. The average molecular weight is 741 g/mol. The van der Waals surface area contributed by atoms with E-state index in [-0.39, 0.29) is 36.7 Å². The number of rotatable bonds is 3. The number of aromatic nitrogens is 3. The van der Waals surface area contributed by atoms with Gasteiger partial charge in [0.1, 0.15) is 29.6 Å². The molecule has 1 spiro atoms. The van der Waals surface area contributed by atoms with Gasteiger partial charge in [-0.15, -0.1) is 12.4 Å². The number of imidazole rings is 1. The average Bonchev–Trinajstić information content (AvgIpc) is 3.45. The second-order valence-electron chi connectivity index (χ2n) is 14.1. The molecule has 0 radical (unpaired) electrons. The minimum Gasteiger partial charge on any atom is -0.484 e. The van der Waals surface area contributed by atoms with E-state index in [1.54, 1.807) is 40.8 Å². The number of piperidine rings is 1. The van der Waals surface area contributed by atoms with Crippen molar-refractivity contribution in [3.8, 4) is 5.75 Å². The molecule has 0 saturated carbocycles. The molecule has 52 heavy (non-hydrogen) atoms. The maximum Gasteiger partial charge on any atom is 0.272 e. The molecule has 16 heteroatoms. The van der Waals surface area contributed by atoms with Crippen LogP contribution < -0.4 is 20.7 Å². The molecule has 4 atom stereocenters. The van der Waals surface area contributed by atoms with Gasteiger partial charge in [0.25, 0.3) is 11.8 Å². The molecule has 2 aromatic heterocycles. The minimum absolute atomic E-state index is 0. The second-order valence-corrected chi connectivity index (χ2v) is 14.1. The summed E-state index contributed by atoms with van der Waals surface area (Å²) in [5.41, 5.74) is 1.51. The minimum atomic E-state index is -1.33. The van der Waals surface area contributed by atoms with E-state index in [4.69, 9.17) is 4.74 Å². The van der Waals surface area contributed by atoms with E-state index in [1.807, 2.05) is 32.0 Å². The fraction of sp³-hybridized carbons (Fsp3) is 0.528. The number of nitrogens with one attached hydrogen (secondary N) is 3. The van der Waals surface area contributed by atoms with Crippen molar-refractivity contribution in [1.29, 1.82) is 0 Å². The topological polar surface area (TPSA) is 188 Å². The monoisotopic (exact) mass is 740 g/mol. The molecule has 2 aliphatic rings. The van der Waals surface area contributed by atoms with Gasteiger partial charge in [-0.1, -0.05) is 26.0 Å². The van der Waals surface area contributed by atoms with Crippen LogP contribution in [0.25, 0.3) is 5.78 Å². The van der Waals surface area contributed by atoms with Crippen LogP contribution in [-0.2, 0) is 25.6 Å². The van der Waals surface area contributed by atoms with Gasteiger partial charge >= 0.3 is 0 Å². The molecule has 5 rings (SSSR count). The van der Waals surface area contributed by atoms with E-state index in [0.717, 1.165) is 10.5 Å². The molecule has 282 valence electrons. The van der Waals surface area contributed by atoms with E-state index in [0.29, 0.717) is 55.3 Å². The zero-order valence-electron chi connectivity index (χ0n) is 30.4. The summed E-state index contributed by atoms with van der Waals surface area (Å²) in [6.07, 6.45) is 3.83. The molecule has 1 fully saturated rings. The Morgan fingerprint density at radius 3 is 2.42 bits per heavy atom. The van der Waals surface area contributed by atoms with Crippen molar-refractivity contribution >= 4 is 47.7 Å². The molecular formula is C36H49ClN8O7. The number of ether oxygens (including phenoxy) is 1. The Hall–Kier alpha value is -4.76. The highest BCUT2D eigenvalue weighted by Gasteiger charge is 2.39. The van der Waals surface area contributed by atoms with Gasteiger partial charge in [0.2, 0.25) is 23.5 Å². The lowest BCUT2D eigenvalue weighted by molar-refractivity contribution is -0.144. The normalized spacial score (nSPS) is 22.7. The van der Waals surface area contributed by atoms with Gasteiger partial charge in [0.05, 0.1) is 11.8 Å². The predicted octanol–water partition coefficient (Wildman–Crippen LogP) is 1.29. The Kier molecular flexibility index (Phi) is 12.9. The molecule has 4 N–H and O–H groups in total. The summed E-state index contributed by atoms with van der Waals surface area (Å²) in [4.78, 5) is 78.9. The summed E-state index contributed by atoms with van der Waals surface area (Å²) < 4.78 is 7.50. The first-order valence-electron chi connectivity index (χ1n) is 17.3. The van der Waals surface area contributed by atoms with Crippen molar-refractivity contribution in [3.05, 3.63) is 59.7 Å². The molecule has 0 unspecified atom stereocenters. The first-order chi connectivity index (χ1) is 24.2. The van der Waals surface area contributed by atoms with Gasteiger partial charge in [-0.3, -0.25) is 28.4 Å². The lowest BCUT2D eigenvalue weighted by Crippen LogP contribution is -2.59. The summed E-state index contributed by atoms with van der Waals surface area (Å²) in [7, 11) is 1.40. The number of hydrogen-bond acceptors (Lipinski definition) is 9. The van der Waals surface area contributed by atoms with Crippen molar-refractivity contribution in [2.24, 2.45) is 11.3 Å². The SMILES string of the molecule is Cc1nc2ncccn2c1C(=O)N1CCC2(CC1)CNC(=O)[C@@H](C(C)C)NC(=O)[C@H](C)N(C)C(=O)[C@H]([C@@H](C)O)NC(=O)COc1cccc(c1)C2.Cl. The van der Waals surface area contributed by atoms with Crippen LogP contribution in [0.15, 0.2) is 42.7 Å². The maximum absolute atomic E-state index is 13.8. The van der Waals surface area contributed by atoms with Gasteiger partial charge in [-0.25, -0.2) is 9.97 Å². The van der Waals surface area contributed by atoms with Crippen molar-refractivity contribution in [3.63, 3.8) is 0 Å². The van der Waals surface area contributed by atoms with Crippen LogP contribution >= 0.6 is 12.4 Å². The Morgan fingerprint density at radius 2 is 1.75 bits per heavy atom. The van der Waals surface area contributed by atoms with Crippen LogP contribution in [0.2, 0.25) is 0 Å². The molecule has 2 aliphatic heterocycles. The fourth-order valence-corrected chi connectivity index (χ4v) is 6.72. The quantitative estimate of drug-likeness (QED) is 0.307. The molecule has 4 heterocycles. The maximum atomic E-state index is 13.8. The number of hydrogen-bond donors (Lipinski definition) is 4. The Labute approximate surface area is 309 Å². The summed E-state index contributed by atoms with van der Waals surface area (Å²) >= 11 is 0. The highest BCUT2D eigenvalue weighted by Crippen LogP contribution is 2.36. The first kappa shape index (κ1) is 40.0. The van der Waals surface area contributed by atoms with Gasteiger partial charge in [-0.2, -0.15) is 0 Å². The van der Waals surface area contributed by atoms with Crippen molar-refractivity contribution < 1.29 is 33.8 Å². The van der Waals surface area contributed by atoms with Crippen LogP contribution in [0.1, 0.15) is 62.3 Å². The summed E-state index contributed by atoms with van der Waals surface area (Å²) in [5.74, 6) is -1.76. The van der Waals surface area contributed by atoms with Gasteiger partial charge in [0, 0.05) is 39.1 Å². The van der Waals surface area contributed by atoms with Crippen molar-refractivity contribution in [1.82, 2.24) is 40.1 Å². The Bertz CT molecular complexity index is 1790. The summed E-state index contributed by atoms with van der Waals surface area (Å²) in [6.45, 7) is 9.06. The van der Waals surface area contributed by atoms with Crippen LogP contribution in [-0.4, -0.2) is 116 Å². The number of amides is 5. The molecule has 3 aromatic rings.